The van der Waals surface area contributed by atoms with E-state index in [2.05, 4.69) is 41.4 Å². The average molecular weight is 308 g/mol. The van der Waals surface area contributed by atoms with E-state index in [4.69, 9.17) is 11.6 Å². The maximum atomic E-state index is 5.82. The minimum Gasteiger partial charge on any atom is -0.228 e. The highest BCUT2D eigenvalue weighted by atomic mass is 79.9. The Bertz CT molecular complexity index is 488. The molecule has 0 fully saturated rings. The Kier molecular flexibility index (Phi) is 3.17. The fourth-order valence-electron chi connectivity index (χ4n) is 0.799. The van der Waals surface area contributed by atoms with Gasteiger partial charge < -0.3 is 0 Å². The lowest BCUT2D eigenvalue weighted by Crippen LogP contribution is -1.94. The minimum atomic E-state index is 0.364. The molecule has 0 spiro atoms. The third-order valence-corrected chi connectivity index (χ3v) is 4.04. The third kappa shape index (κ3) is 2.27. The molecule has 78 valence electrons. The molecule has 0 aromatic carbocycles. The van der Waals surface area contributed by atoms with E-state index in [-0.39, 0.29) is 0 Å². The maximum absolute atomic E-state index is 5.82. The number of hydrogen-bond acceptors (Lipinski definition) is 6. The van der Waals surface area contributed by atoms with Crippen molar-refractivity contribution >= 4 is 39.3 Å². The lowest BCUT2D eigenvalue weighted by atomic mass is 10.7. The monoisotopic (exact) mass is 306 g/mol. The van der Waals surface area contributed by atoms with Gasteiger partial charge >= 0.3 is 0 Å². The van der Waals surface area contributed by atoms with Gasteiger partial charge in [-0.2, -0.15) is 0 Å². The van der Waals surface area contributed by atoms with Crippen molar-refractivity contribution in [2.24, 2.45) is 7.05 Å². The van der Waals surface area contributed by atoms with Gasteiger partial charge in [0.25, 0.3) is 0 Å². The molecule has 2 aromatic rings. The highest BCUT2D eigenvalue weighted by molar-refractivity contribution is 9.10. The Morgan fingerprint density at radius 1 is 1.47 bits per heavy atom. The Morgan fingerprint density at radius 2 is 2.27 bits per heavy atom. The van der Waals surface area contributed by atoms with E-state index < -0.39 is 0 Å². The number of nitrogens with zero attached hydrogens (tertiary/aromatic N) is 6. The minimum absolute atomic E-state index is 0.364. The lowest BCUT2D eigenvalue weighted by Gasteiger charge is -2.01. The predicted octanol–water partition coefficient (Wildman–Crippen LogP) is 1.57. The Balaban J connectivity index is 2.33. The van der Waals surface area contributed by atoms with E-state index in [9.17, 15) is 0 Å². The summed E-state index contributed by atoms with van der Waals surface area (Å²) in [4.78, 5) is 7.89. The van der Waals surface area contributed by atoms with Gasteiger partial charge in [-0.3, -0.25) is 0 Å². The number of aromatic nitrogens is 6. The SMILES string of the molecule is Cn1nnnc1Sc1ncnc(Cl)c1Br. The number of tetrazole rings is 1. The van der Waals surface area contributed by atoms with Gasteiger partial charge in [0.2, 0.25) is 5.16 Å². The van der Waals surface area contributed by atoms with Crippen molar-refractivity contribution in [3.05, 3.63) is 16.0 Å². The molecule has 0 amide bonds. The molecule has 0 atom stereocenters. The van der Waals surface area contributed by atoms with E-state index in [1.807, 2.05) is 0 Å². The van der Waals surface area contributed by atoms with Crippen molar-refractivity contribution in [1.82, 2.24) is 30.2 Å². The van der Waals surface area contributed by atoms with Gasteiger partial charge in [-0.25, -0.2) is 14.6 Å². The van der Waals surface area contributed by atoms with Crippen molar-refractivity contribution in [3.8, 4) is 0 Å². The average Bonchev–Trinajstić information content (AvgIpc) is 2.60. The number of halogens is 2. The molecule has 0 bridgehead atoms. The molecule has 2 rings (SSSR count). The maximum Gasteiger partial charge on any atom is 0.215 e. The molecule has 0 radical (unpaired) electrons. The first kappa shape index (κ1) is 10.8. The molecule has 2 heterocycles. The summed E-state index contributed by atoms with van der Waals surface area (Å²) in [7, 11) is 1.75. The highest BCUT2D eigenvalue weighted by Gasteiger charge is 2.11. The van der Waals surface area contributed by atoms with E-state index in [1.54, 1.807) is 11.7 Å². The Morgan fingerprint density at radius 3 is 2.93 bits per heavy atom. The topological polar surface area (TPSA) is 69.4 Å². The second-order valence-electron chi connectivity index (χ2n) is 2.47. The number of rotatable bonds is 2. The third-order valence-electron chi connectivity index (χ3n) is 1.48. The summed E-state index contributed by atoms with van der Waals surface area (Å²) in [6, 6.07) is 0. The summed E-state index contributed by atoms with van der Waals surface area (Å²) in [5.41, 5.74) is 0. The molecule has 0 unspecified atom stereocenters. The van der Waals surface area contributed by atoms with Crippen LogP contribution in [0.2, 0.25) is 5.15 Å². The van der Waals surface area contributed by atoms with Crippen LogP contribution in [0, 0.1) is 0 Å². The zero-order valence-corrected chi connectivity index (χ0v) is 10.6. The van der Waals surface area contributed by atoms with Gasteiger partial charge in [0.1, 0.15) is 16.5 Å². The predicted molar refractivity (Wildman–Crippen MR) is 57.7 cm³/mol. The van der Waals surface area contributed by atoms with E-state index in [0.717, 1.165) is 0 Å². The van der Waals surface area contributed by atoms with Crippen LogP contribution in [0.3, 0.4) is 0 Å². The smallest absolute Gasteiger partial charge is 0.215 e. The molecule has 0 aliphatic carbocycles. The fourth-order valence-corrected chi connectivity index (χ4v) is 2.14. The van der Waals surface area contributed by atoms with Crippen molar-refractivity contribution in [1.29, 1.82) is 0 Å². The quantitative estimate of drug-likeness (QED) is 0.784. The molecule has 2 aromatic heterocycles. The molecule has 9 heteroatoms. The number of hydrogen-bond donors (Lipinski definition) is 0. The van der Waals surface area contributed by atoms with Crippen LogP contribution in [-0.4, -0.2) is 30.2 Å². The van der Waals surface area contributed by atoms with Crippen molar-refractivity contribution in [2.75, 3.05) is 0 Å². The first-order valence-corrected chi connectivity index (χ1v) is 5.73. The molecular weight excluding hydrogens is 304 g/mol. The molecule has 6 nitrogen and oxygen atoms in total. The second kappa shape index (κ2) is 4.42. The van der Waals surface area contributed by atoms with Gasteiger partial charge in [0.05, 0.1) is 4.47 Å². The molecule has 0 saturated carbocycles. The fraction of sp³-hybridized carbons (Fsp3) is 0.167. The molecule has 15 heavy (non-hydrogen) atoms. The normalized spacial score (nSPS) is 10.6. The van der Waals surface area contributed by atoms with Crippen LogP contribution in [0.25, 0.3) is 0 Å². The summed E-state index contributed by atoms with van der Waals surface area (Å²) < 4.78 is 2.19. The van der Waals surface area contributed by atoms with E-state index in [1.165, 1.54) is 18.1 Å². The molecular formula is C6H4BrClN6S. The lowest BCUT2D eigenvalue weighted by molar-refractivity contribution is 0.664. The van der Waals surface area contributed by atoms with Crippen LogP contribution in [-0.2, 0) is 7.05 Å². The van der Waals surface area contributed by atoms with E-state index in [0.29, 0.717) is 19.8 Å². The summed E-state index contributed by atoms with van der Waals surface area (Å²) in [5.74, 6) is 0. The van der Waals surface area contributed by atoms with Crippen LogP contribution in [0.4, 0.5) is 0 Å². The van der Waals surface area contributed by atoms with Crippen molar-refractivity contribution in [3.63, 3.8) is 0 Å². The van der Waals surface area contributed by atoms with Gasteiger partial charge in [0, 0.05) is 7.05 Å². The second-order valence-corrected chi connectivity index (χ2v) is 4.58. The van der Waals surface area contributed by atoms with Gasteiger partial charge in [0.15, 0.2) is 0 Å². The van der Waals surface area contributed by atoms with Crippen LogP contribution >= 0.6 is 39.3 Å². The van der Waals surface area contributed by atoms with Gasteiger partial charge in [-0.1, -0.05) is 11.6 Å². The summed E-state index contributed by atoms with van der Waals surface area (Å²) in [6.07, 6.45) is 1.39. The highest BCUT2D eigenvalue weighted by Crippen LogP contribution is 2.32. The largest absolute Gasteiger partial charge is 0.228 e. The molecule has 0 N–H and O–H groups in total. The first-order chi connectivity index (χ1) is 7.18. The summed E-state index contributed by atoms with van der Waals surface area (Å²) >= 11 is 10.4. The van der Waals surface area contributed by atoms with Gasteiger partial charge in [-0.15, -0.1) is 5.10 Å². The molecule has 0 saturated heterocycles. The zero-order valence-electron chi connectivity index (χ0n) is 7.42. The number of aryl methyl sites for hydroxylation is 1. The van der Waals surface area contributed by atoms with E-state index >= 15 is 0 Å². The van der Waals surface area contributed by atoms with Crippen LogP contribution in [0.15, 0.2) is 21.0 Å². The van der Waals surface area contributed by atoms with Crippen LogP contribution in [0.1, 0.15) is 0 Å². The molecule has 0 aliphatic heterocycles. The Hall–Kier alpha value is -0.730. The van der Waals surface area contributed by atoms with Gasteiger partial charge in [-0.05, 0) is 38.1 Å². The summed E-state index contributed by atoms with van der Waals surface area (Å²) in [6.45, 7) is 0. The molecule has 0 aliphatic rings. The van der Waals surface area contributed by atoms with Crippen molar-refractivity contribution in [2.45, 2.75) is 10.2 Å². The first-order valence-electron chi connectivity index (χ1n) is 3.74. The standard InChI is InChI=1S/C6H4BrClN6S/c1-14-6(11-12-13-14)15-5-3(7)4(8)9-2-10-5/h2H,1H3. The Labute approximate surface area is 103 Å². The summed E-state index contributed by atoms with van der Waals surface area (Å²) in [5, 5.41) is 12.7. The van der Waals surface area contributed by atoms with Crippen LogP contribution in [0.5, 0.6) is 0 Å². The van der Waals surface area contributed by atoms with Crippen LogP contribution < -0.4 is 0 Å². The zero-order chi connectivity index (χ0) is 10.8. The van der Waals surface area contributed by atoms with Crippen molar-refractivity contribution < 1.29 is 0 Å².